The molecule has 0 bridgehead atoms. The molecule has 0 aliphatic carbocycles. The van der Waals surface area contributed by atoms with Crippen LogP contribution in [0.2, 0.25) is 0 Å². The highest BCUT2D eigenvalue weighted by Crippen LogP contribution is 2.61. The van der Waals surface area contributed by atoms with Crippen molar-refractivity contribution in [1.82, 2.24) is 0 Å². The van der Waals surface area contributed by atoms with Crippen molar-refractivity contribution in [1.29, 1.82) is 0 Å². The van der Waals surface area contributed by atoms with Crippen LogP contribution in [0.25, 0.3) is 0 Å². The molecule has 0 aromatic heterocycles. The first kappa shape index (κ1) is 41.0. The van der Waals surface area contributed by atoms with E-state index in [-0.39, 0.29) is 12.8 Å². The fourth-order valence-corrected chi connectivity index (χ4v) is 9.50. The molecule has 0 amide bonds. The maximum atomic E-state index is 13.3. The van der Waals surface area contributed by atoms with Gasteiger partial charge in [0.05, 0.1) is 19.8 Å². The maximum absolute atomic E-state index is 13.3. The summed E-state index contributed by atoms with van der Waals surface area (Å²) in [5.41, 5.74) is -9.15. The van der Waals surface area contributed by atoms with Crippen LogP contribution in [0.5, 0.6) is 0 Å². The molecule has 15 atom stereocenters. The number of ketones is 3. The Labute approximate surface area is 288 Å². The molecule has 3 fully saturated rings. The number of hydrogen-bond donors (Lipinski definition) is 12. The van der Waals surface area contributed by atoms with Crippen LogP contribution < -0.4 is 0 Å². The Hall–Kier alpha value is -0.420. The van der Waals surface area contributed by atoms with E-state index in [9.17, 15) is 60.3 Å². The highest BCUT2D eigenvalue weighted by Gasteiger charge is 2.76. The lowest BCUT2D eigenvalue weighted by Crippen LogP contribution is -2.80. The molecule has 3 unspecified atom stereocenters. The number of carbonyl (C=O) groups excluding carboxylic acids is 3. The zero-order chi connectivity index (χ0) is 36.3. The van der Waals surface area contributed by atoms with Gasteiger partial charge in [0.1, 0.15) is 36.6 Å². The predicted molar refractivity (Wildman–Crippen MR) is 172 cm³/mol. The molecule has 9 N–H and O–H groups in total. The highest BCUT2D eigenvalue weighted by atomic mass is 32.1. The SMILES string of the molecule is CCCCC(C(C(C)[C@]1(S)OC[C@@H](O)[C@H](O)[C@]1(O)C(C)=O)[C@]1(S)OC[C@@H](O)[C@H](O)[C@]1(O)C(C)=O)[C@]1(S)OC[C@@H](O)[C@H](O)[C@]1(O)C(C)=O. The number of unbranched alkanes of at least 4 members (excludes halogenated alkanes) is 1. The van der Waals surface area contributed by atoms with E-state index in [1.54, 1.807) is 6.92 Å². The van der Waals surface area contributed by atoms with Gasteiger partial charge in [-0.15, -0.1) is 37.9 Å². The second-order valence-corrected chi connectivity index (χ2v) is 15.1. The molecular formula is C29H48O15S3. The first-order chi connectivity index (χ1) is 21.4. The molecule has 3 heterocycles. The van der Waals surface area contributed by atoms with Crippen LogP contribution in [0.4, 0.5) is 0 Å². The molecule has 47 heavy (non-hydrogen) atoms. The Bertz CT molecular complexity index is 1210. The number of carbonyl (C=O) groups is 3. The summed E-state index contributed by atoms with van der Waals surface area (Å²) in [6, 6.07) is 0. The summed E-state index contributed by atoms with van der Waals surface area (Å²) < 4.78 is 17.7. The summed E-state index contributed by atoms with van der Waals surface area (Å²) in [6.07, 6.45) is -11.6. The molecule has 0 aromatic carbocycles. The third-order valence-corrected chi connectivity index (χ3v) is 12.9. The van der Waals surface area contributed by atoms with E-state index in [0.29, 0.717) is 6.42 Å². The normalized spacial score (nSPS) is 47.9. The van der Waals surface area contributed by atoms with Crippen LogP contribution >= 0.6 is 37.9 Å². The van der Waals surface area contributed by atoms with Gasteiger partial charge in [0, 0.05) is 17.8 Å². The Morgan fingerprint density at radius 1 is 0.660 bits per heavy atom. The van der Waals surface area contributed by atoms with Crippen LogP contribution in [0, 0.1) is 17.8 Å². The molecule has 3 saturated heterocycles. The molecule has 3 aliphatic rings. The molecule has 18 heteroatoms. The number of Topliss-reactive ketones (excluding diaryl/α,β-unsaturated/α-hetero) is 3. The number of aliphatic hydroxyl groups excluding tert-OH is 6. The van der Waals surface area contributed by atoms with Crippen LogP contribution in [-0.2, 0) is 28.6 Å². The molecule has 0 saturated carbocycles. The topological polar surface area (TPSA) is 261 Å². The van der Waals surface area contributed by atoms with Gasteiger partial charge in [0.2, 0.25) is 0 Å². The lowest BCUT2D eigenvalue weighted by atomic mass is 9.59. The van der Waals surface area contributed by atoms with Gasteiger partial charge in [0.25, 0.3) is 0 Å². The summed E-state index contributed by atoms with van der Waals surface area (Å²) in [6.45, 7) is 3.59. The minimum Gasteiger partial charge on any atom is -0.388 e. The molecule has 0 spiro atoms. The van der Waals surface area contributed by atoms with Gasteiger partial charge in [0.15, 0.2) is 49.0 Å². The fraction of sp³-hybridized carbons (Fsp3) is 0.897. The summed E-state index contributed by atoms with van der Waals surface area (Å²) in [4.78, 5) is 31.9. The van der Waals surface area contributed by atoms with Gasteiger partial charge in [-0.1, -0.05) is 26.7 Å². The third kappa shape index (κ3) is 5.76. The monoisotopic (exact) mass is 732 g/mol. The van der Waals surface area contributed by atoms with Crippen LogP contribution in [-0.4, -0.2) is 151 Å². The second-order valence-electron chi connectivity index (χ2n) is 13.1. The van der Waals surface area contributed by atoms with Crippen molar-refractivity contribution in [2.24, 2.45) is 17.8 Å². The van der Waals surface area contributed by atoms with E-state index in [0.717, 1.165) is 20.8 Å². The molecular weight excluding hydrogens is 685 g/mol. The van der Waals surface area contributed by atoms with Gasteiger partial charge < -0.3 is 60.2 Å². The van der Waals surface area contributed by atoms with E-state index in [1.807, 2.05) is 0 Å². The molecule has 0 radical (unpaired) electrons. The van der Waals surface area contributed by atoms with Gasteiger partial charge in [-0.2, -0.15) is 0 Å². The molecule has 3 rings (SSSR count). The molecule has 0 aromatic rings. The quantitative estimate of drug-likeness (QED) is 0.0954. The minimum absolute atomic E-state index is 0.154. The number of thiol groups is 3. The number of aliphatic hydroxyl groups is 9. The van der Waals surface area contributed by atoms with Gasteiger partial charge in [-0.05, 0) is 27.2 Å². The predicted octanol–water partition coefficient (Wildman–Crippen LogP) is -2.86. The highest BCUT2D eigenvalue weighted by molar-refractivity contribution is 7.82. The van der Waals surface area contributed by atoms with Crippen molar-refractivity contribution in [3.05, 3.63) is 0 Å². The Morgan fingerprint density at radius 2 is 0.979 bits per heavy atom. The summed E-state index contributed by atoms with van der Waals surface area (Å²) in [7, 11) is 0. The standard InChI is InChI=1S/C29H48O15S3/c1-6-7-8-16(28(46)25(40,14(4)31)22(37)18(34)10-43-28)20(29(47)26(41,15(5)32)23(38)19(35)11-44-29)12(2)27(45)24(39,13(3)30)21(36)17(33)9-42-27/h12,16-23,33-41,45-47H,6-11H2,1-5H3/t12?,16?,17-,18-,19-,20?,21+,22+,23+,24-,25-,26-,27-,28-,29-/m1/s1. The number of ether oxygens (including phenoxy) is 3. The number of hydrogen-bond acceptors (Lipinski definition) is 18. The Kier molecular flexibility index (Phi) is 12.2. The molecule has 272 valence electrons. The molecule has 15 nitrogen and oxygen atoms in total. The van der Waals surface area contributed by atoms with Crippen LogP contribution in [0.15, 0.2) is 0 Å². The van der Waals surface area contributed by atoms with Gasteiger partial charge in [-0.3, -0.25) is 14.4 Å². The van der Waals surface area contributed by atoms with Crippen molar-refractivity contribution in [3.63, 3.8) is 0 Å². The van der Waals surface area contributed by atoms with Crippen molar-refractivity contribution in [2.45, 2.75) is 122 Å². The van der Waals surface area contributed by atoms with Crippen LogP contribution in [0.1, 0.15) is 53.9 Å². The lowest BCUT2D eigenvalue weighted by molar-refractivity contribution is -0.308. The van der Waals surface area contributed by atoms with Gasteiger partial charge >= 0.3 is 0 Å². The van der Waals surface area contributed by atoms with Crippen LogP contribution in [0.3, 0.4) is 0 Å². The molecule has 3 aliphatic heterocycles. The number of rotatable bonds is 11. The first-order valence-corrected chi connectivity index (χ1v) is 16.6. The van der Waals surface area contributed by atoms with E-state index < -0.39 is 123 Å². The van der Waals surface area contributed by atoms with Crippen molar-refractivity contribution in [3.8, 4) is 0 Å². The maximum Gasteiger partial charge on any atom is 0.189 e. The minimum atomic E-state index is -3.12. The van der Waals surface area contributed by atoms with E-state index >= 15 is 0 Å². The fourth-order valence-electron chi connectivity index (χ4n) is 7.56. The zero-order valence-electron chi connectivity index (χ0n) is 26.8. The third-order valence-electron chi connectivity index (χ3n) is 10.5. The zero-order valence-corrected chi connectivity index (χ0v) is 29.4. The summed E-state index contributed by atoms with van der Waals surface area (Å²) in [5, 5.41) is 101. The summed E-state index contributed by atoms with van der Waals surface area (Å²) in [5.74, 6) is -8.40. The van der Waals surface area contributed by atoms with E-state index in [1.165, 1.54) is 6.92 Å². The second kappa shape index (κ2) is 14.0. The Morgan fingerprint density at radius 3 is 1.34 bits per heavy atom. The van der Waals surface area contributed by atoms with Gasteiger partial charge in [-0.25, -0.2) is 0 Å². The largest absolute Gasteiger partial charge is 0.388 e. The average molecular weight is 733 g/mol. The Balaban J connectivity index is 2.51. The van der Waals surface area contributed by atoms with Crippen molar-refractivity contribution in [2.75, 3.05) is 19.8 Å². The van der Waals surface area contributed by atoms with E-state index in [4.69, 9.17) is 14.2 Å². The van der Waals surface area contributed by atoms with E-state index in [2.05, 4.69) is 37.9 Å². The lowest BCUT2D eigenvalue weighted by Gasteiger charge is -2.63. The summed E-state index contributed by atoms with van der Waals surface area (Å²) >= 11 is 13.9. The smallest absolute Gasteiger partial charge is 0.189 e. The van der Waals surface area contributed by atoms with Crippen molar-refractivity contribution < 1.29 is 74.6 Å². The average Bonchev–Trinajstić information content (AvgIpc) is 3.01. The first-order valence-electron chi connectivity index (χ1n) is 15.3. The van der Waals surface area contributed by atoms with Crippen molar-refractivity contribution >= 4 is 55.2 Å².